The molecular formula is C25H24N4O4. The number of aryl methyl sites for hydroxylation is 1. The van der Waals surface area contributed by atoms with Gasteiger partial charge in [-0.15, -0.1) is 0 Å². The molecule has 0 saturated heterocycles. The molecule has 4 heterocycles. The van der Waals surface area contributed by atoms with Crippen LogP contribution in [-0.2, 0) is 26.6 Å². The molecule has 168 valence electrons. The van der Waals surface area contributed by atoms with Gasteiger partial charge in [0, 0.05) is 68.2 Å². The summed E-state index contributed by atoms with van der Waals surface area (Å²) in [5.41, 5.74) is 3.73. The zero-order chi connectivity index (χ0) is 23.1. The molecule has 0 radical (unpaired) electrons. The lowest BCUT2D eigenvalue weighted by molar-refractivity contribution is 0.0735. The zero-order valence-corrected chi connectivity index (χ0v) is 18.5. The Bertz CT molecular complexity index is 1410. The van der Waals surface area contributed by atoms with E-state index in [4.69, 9.17) is 4.42 Å². The van der Waals surface area contributed by atoms with Gasteiger partial charge in [-0.25, -0.2) is 0 Å². The van der Waals surface area contributed by atoms with Gasteiger partial charge in [0.1, 0.15) is 5.56 Å². The van der Waals surface area contributed by atoms with Crippen LogP contribution in [0.3, 0.4) is 0 Å². The Hall–Kier alpha value is -4.07. The summed E-state index contributed by atoms with van der Waals surface area (Å²) in [5, 5.41) is 0.911. The van der Waals surface area contributed by atoms with Crippen LogP contribution in [0.1, 0.15) is 37.4 Å². The van der Waals surface area contributed by atoms with Crippen LogP contribution < -0.4 is 5.56 Å². The monoisotopic (exact) mass is 444 g/mol. The minimum absolute atomic E-state index is 0.0615. The summed E-state index contributed by atoms with van der Waals surface area (Å²) < 4.78 is 7.06. The van der Waals surface area contributed by atoms with E-state index in [2.05, 4.69) is 4.98 Å². The molecule has 8 heteroatoms. The van der Waals surface area contributed by atoms with Gasteiger partial charge < -0.3 is 23.8 Å². The van der Waals surface area contributed by atoms with Crippen molar-refractivity contribution in [2.45, 2.75) is 19.5 Å². The molecule has 5 rings (SSSR count). The van der Waals surface area contributed by atoms with Crippen molar-refractivity contribution in [3.8, 4) is 0 Å². The van der Waals surface area contributed by atoms with Gasteiger partial charge in [-0.05, 0) is 41.8 Å². The van der Waals surface area contributed by atoms with Crippen molar-refractivity contribution >= 4 is 22.7 Å². The number of hydrogen-bond donors (Lipinski definition) is 1. The third-order valence-corrected chi connectivity index (χ3v) is 6.29. The number of carbonyl (C=O) groups is 2. The summed E-state index contributed by atoms with van der Waals surface area (Å²) in [6, 6.07) is 9.44. The van der Waals surface area contributed by atoms with E-state index in [1.165, 1.54) is 4.90 Å². The maximum atomic E-state index is 13.4. The van der Waals surface area contributed by atoms with Crippen LogP contribution in [0.15, 0.2) is 64.5 Å². The molecule has 1 aliphatic rings. The first kappa shape index (κ1) is 20.8. The van der Waals surface area contributed by atoms with Crippen molar-refractivity contribution in [1.29, 1.82) is 0 Å². The lowest BCUT2D eigenvalue weighted by Gasteiger charge is -2.30. The van der Waals surface area contributed by atoms with E-state index in [1.807, 2.05) is 42.1 Å². The number of aromatic nitrogens is 2. The SMILES string of the molecule is CN(Cc1ccoc1)C(=O)c1c2c(c[nH]c1=O)CN(C(=O)c1cccc3c1ccn3C)CC2. The molecule has 0 fully saturated rings. The molecule has 0 bridgehead atoms. The first-order chi connectivity index (χ1) is 15.9. The number of nitrogens with zero attached hydrogens (tertiary/aromatic N) is 3. The van der Waals surface area contributed by atoms with Crippen molar-refractivity contribution in [2.24, 2.45) is 7.05 Å². The summed E-state index contributed by atoms with van der Waals surface area (Å²) >= 11 is 0. The average molecular weight is 444 g/mol. The number of rotatable bonds is 4. The maximum Gasteiger partial charge on any atom is 0.261 e. The Labute approximate surface area is 190 Å². The minimum Gasteiger partial charge on any atom is -0.472 e. The van der Waals surface area contributed by atoms with Crippen molar-refractivity contribution in [2.75, 3.05) is 13.6 Å². The quantitative estimate of drug-likeness (QED) is 0.524. The lowest BCUT2D eigenvalue weighted by Crippen LogP contribution is -2.40. The molecule has 1 aliphatic heterocycles. The molecule has 1 N–H and O–H groups in total. The number of H-pyrrole nitrogens is 1. The number of furan rings is 1. The highest BCUT2D eigenvalue weighted by molar-refractivity contribution is 6.06. The van der Waals surface area contributed by atoms with Crippen molar-refractivity contribution in [1.82, 2.24) is 19.4 Å². The summed E-state index contributed by atoms with van der Waals surface area (Å²) in [6.45, 7) is 1.11. The fraction of sp³-hybridized carbons (Fsp3) is 0.240. The second-order valence-electron chi connectivity index (χ2n) is 8.43. The van der Waals surface area contributed by atoms with Crippen LogP contribution in [0.5, 0.6) is 0 Å². The number of fused-ring (bicyclic) bond motifs is 2. The van der Waals surface area contributed by atoms with Crippen LogP contribution in [0.25, 0.3) is 10.9 Å². The number of amides is 2. The number of pyridine rings is 1. The standard InChI is InChI=1S/C25H24N4O4/c1-27-9-6-19-20(4-3-5-21(19)27)24(31)29-10-7-18-17(14-29)12-26-23(30)22(18)25(32)28(2)13-16-8-11-33-15-16/h3-6,8-9,11-12,15H,7,10,13-14H2,1-2H3,(H,26,30). The van der Waals surface area contributed by atoms with Gasteiger partial charge in [-0.3, -0.25) is 14.4 Å². The molecular weight excluding hydrogens is 420 g/mol. The Morgan fingerprint density at radius 2 is 2.06 bits per heavy atom. The molecule has 0 atom stereocenters. The van der Waals surface area contributed by atoms with Gasteiger partial charge in [-0.1, -0.05) is 6.07 Å². The molecule has 0 spiro atoms. The van der Waals surface area contributed by atoms with Crippen LogP contribution >= 0.6 is 0 Å². The zero-order valence-electron chi connectivity index (χ0n) is 18.5. The first-order valence-electron chi connectivity index (χ1n) is 10.8. The summed E-state index contributed by atoms with van der Waals surface area (Å²) in [6.07, 6.45) is 7.12. The predicted octanol–water partition coefficient (Wildman–Crippen LogP) is 2.93. The summed E-state index contributed by atoms with van der Waals surface area (Å²) in [5.74, 6) is -0.406. The lowest BCUT2D eigenvalue weighted by atomic mass is 9.95. The largest absolute Gasteiger partial charge is 0.472 e. The highest BCUT2D eigenvalue weighted by Gasteiger charge is 2.29. The molecule has 0 unspecified atom stereocenters. The third kappa shape index (κ3) is 3.63. The summed E-state index contributed by atoms with van der Waals surface area (Å²) in [4.78, 5) is 45.1. The molecule has 8 nitrogen and oxygen atoms in total. The van der Waals surface area contributed by atoms with Crippen LogP contribution in [0, 0.1) is 0 Å². The topological polar surface area (TPSA) is 91.6 Å². The summed E-state index contributed by atoms with van der Waals surface area (Å²) in [7, 11) is 3.61. The van der Waals surface area contributed by atoms with Gasteiger partial charge in [0.2, 0.25) is 0 Å². The third-order valence-electron chi connectivity index (χ3n) is 6.29. The van der Waals surface area contributed by atoms with E-state index in [0.29, 0.717) is 37.2 Å². The van der Waals surface area contributed by atoms with Gasteiger partial charge in [-0.2, -0.15) is 0 Å². The fourth-order valence-corrected chi connectivity index (χ4v) is 4.55. The molecule has 3 aromatic heterocycles. The van der Waals surface area contributed by atoms with E-state index < -0.39 is 5.56 Å². The molecule has 0 saturated carbocycles. The molecule has 0 aliphatic carbocycles. The normalized spacial score (nSPS) is 13.2. The Balaban J connectivity index is 1.42. The average Bonchev–Trinajstić information content (AvgIpc) is 3.47. The van der Waals surface area contributed by atoms with Gasteiger partial charge in [0.25, 0.3) is 17.4 Å². The Morgan fingerprint density at radius 3 is 2.85 bits per heavy atom. The van der Waals surface area contributed by atoms with Crippen LogP contribution in [0.4, 0.5) is 0 Å². The van der Waals surface area contributed by atoms with E-state index in [0.717, 1.165) is 22.0 Å². The Kier molecular flexibility index (Phi) is 5.12. The predicted molar refractivity (Wildman–Crippen MR) is 123 cm³/mol. The smallest absolute Gasteiger partial charge is 0.261 e. The number of hydrogen-bond acceptors (Lipinski definition) is 4. The number of carbonyl (C=O) groups excluding carboxylic acids is 2. The van der Waals surface area contributed by atoms with Gasteiger partial charge >= 0.3 is 0 Å². The molecule has 4 aromatic rings. The maximum absolute atomic E-state index is 13.4. The number of nitrogens with one attached hydrogen (secondary N) is 1. The number of benzene rings is 1. The highest BCUT2D eigenvalue weighted by atomic mass is 16.3. The van der Waals surface area contributed by atoms with Gasteiger partial charge in [0.15, 0.2) is 0 Å². The van der Waals surface area contributed by atoms with E-state index >= 15 is 0 Å². The van der Waals surface area contributed by atoms with Crippen molar-refractivity contribution < 1.29 is 14.0 Å². The second kappa shape index (κ2) is 8.12. The molecule has 1 aromatic carbocycles. The first-order valence-corrected chi connectivity index (χ1v) is 10.8. The minimum atomic E-state index is -0.411. The second-order valence-corrected chi connectivity index (χ2v) is 8.43. The van der Waals surface area contributed by atoms with E-state index in [-0.39, 0.29) is 17.4 Å². The number of aromatic amines is 1. The fourth-order valence-electron chi connectivity index (χ4n) is 4.55. The van der Waals surface area contributed by atoms with E-state index in [1.54, 1.807) is 36.7 Å². The molecule has 2 amide bonds. The highest BCUT2D eigenvalue weighted by Crippen LogP contribution is 2.26. The van der Waals surface area contributed by atoms with Gasteiger partial charge in [0.05, 0.1) is 12.5 Å². The van der Waals surface area contributed by atoms with Crippen LogP contribution in [0.2, 0.25) is 0 Å². The van der Waals surface area contributed by atoms with Crippen LogP contribution in [-0.4, -0.2) is 44.8 Å². The van der Waals surface area contributed by atoms with E-state index in [9.17, 15) is 14.4 Å². The van der Waals surface area contributed by atoms with Crippen molar-refractivity contribution in [3.05, 3.63) is 93.4 Å². The molecule has 33 heavy (non-hydrogen) atoms. The van der Waals surface area contributed by atoms with Crippen molar-refractivity contribution in [3.63, 3.8) is 0 Å². The Morgan fingerprint density at radius 1 is 1.21 bits per heavy atom.